The predicted molar refractivity (Wildman–Crippen MR) is 136 cm³/mol. The fraction of sp³-hybridized carbons (Fsp3) is 0.120. The van der Waals surface area contributed by atoms with Gasteiger partial charge in [0.25, 0.3) is 0 Å². The van der Waals surface area contributed by atoms with Crippen LogP contribution in [0.1, 0.15) is 25.1 Å². The molecule has 0 aliphatic carbocycles. The lowest BCUT2D eigenvalue weighted by Gasteiger charge is -2.14. The van der Waals surface area contributed by atoms with Crippen molar-refractivity contribution in [1.29, 1.82) is 5.26 Å². The van der Waals surface area contributed by atoms with Crippen LogP contribution in [0.2, 0.25) is 5.02 Å². The van der Waals surface area contributed by atoms with Crippen molar-refractivity contribution in [3.8, 4) is 17.7 Å². The first-order chi connectivity index (χ1) is 17.4. The molecule has 0 amide bonds. The van der Waals surface area contributed by atoms with Crippen LogP contribution < -0.4 is 15.6 Å². The normalized spacial score (nSPS) is 9.94. The Bertz CT molecular complexity index is 1450. The van der Waals surface area contributed by atoms with Crippen molar-refractivity contribution in [2.24, 2.45) is 0 Å². The zero-order valence-electron chi connectivity index (χ0n) is 19.4. The predicted octanol–water partition coefficient (Wildman–Crippen LogP) is 5.68. The third-order valence-electron chi connectivity index (χ3n) is 4.65. The summed E-state index contributed by atoms with van der Waals surface area (Å²) in [7, 11) is 0. The number of benzene rings is 2. The summed E-state index contributed by atoms with van der Waals surface area (Å²) in [6.07, 6.45) is 0.925. The number of aromatic nitrogens is 3. The van der Waals surface area contributed by atoms with Crippen LogP contribution >= 0.6 is 11.6 Å². The lowest BCUT2D eigenvalue weighted by Crippen LogP contribution is -2.26. The minimum atomic E-state index is -0.791. The Kier molecular flexibility index (Phi) is 8.69. The summed E-state index contributed by atoms with van der Waals surface area (Å²) in [6.45, 7) is 4.05. The van der Waals surface area contributed by atoms with E-state index in [2.05, 4.69) is 15.3 Å². The molecule has 0 spiro atoms. The van der Waals surface area contributed by atoms with Crippen LogP contribution in [0.3, 0.4) is 0 Å². The average Bonchev–Trinajstić information content (AvgIpc) is 2.89. The highest BCUT2D eigenvalue weighted by atomic mass is 35.5. The first kappa shape index (κ1) is 25.9. The maximum absolute atomic E-state index is 12.8. The van der Waals surface area contributed by atoms with Crippen molar-refractivity contribution in [1.82, 2.24) is 14.5 Å². The number of pyridine rings is 1. The maximum Gasteiger partial charge on any atom is 0.352 e. The number of nitrogens with zero attached hydrogens (tertiary/aromatic N) is 5. The van der Waals surface area contributed by atoms with Crippen LogP contribution in [-0.4, -0.2) is 19.5 Å². The van der Waals surface area contributed by atoms with Crippen molar-refractivity contribution in [3.05, 3.63) is 110 Å². The molecule has 0 saturated carbocycles. The molecular formula is C25H21ClN6O4. The highest BCUT2D eigenvalue weighted by Crippen LogP contribution is 2.23. The number of rotatable bonds is 7. The number of ether oxygens (including phenoxy) is 1. The third kappa shape index (κ3) is 6.43. The van der Waals surface area contributed by atoms with E-state index in [0.29, 0.717) is 22.0 Å². The lowest BCUT2D eigenvalue weighted by atomic mass is 10.2. The van der Waals surface area contributed by atoms with Crippen LogP contribution in [0.5, 0.6) is 11.6 Å². The lowest BCUT2D eigenvalue weighted by molar-refractivity contribution is -0.386. The molecule has 182 valence electrons. The van der Waals surface area contributed by atoms with Gasteiger partial charge in [-0.1, -0.05) is 43.6 Å². The molecule has 0 atom stereocenters. The Morgan fingerprint density at radius 2 is 1.81 bits per heavy atom. The minimum Gasteiger partial charge on any atom is -0.439 e. The number of nitro groups is 1. The van der Waals surface area contributed by atoms with Crippen LogP contribution in [0.25, 0.3) is 0 Å². The van der Waals surface area contributed by atoms with Gasteiger partial charge in [-0.2, -0.15) is 5.26 Å². The Morgan fingerprint density at radius 3 is 2.44 bits per heavy atom. The fourth-order valence-corrected chi connectivity index (χ4v) is 3.14. The largest absolute Gasteiger partial charge is 0.439 e. The Morgan fingerprint density at radius 1 is 1.11 bits per heavy atom. The summed E-state index contributed by atoms with van der Waals surface area (Å²) >= 11 is 5.92. The fourth-order valence-electron chi connectivity index (χ4n) is 3.02. The van der Waals surface area contributed by atoms with Crippen molar-refractivity contribution in [3.63, 3.8) is 0 Å². The van der Waals surface area contributed by atoms with Crippen LogP contribution in [0, 0.1) is 21.4 Å². The van der Waals surface area contributed by atoms with Gasteiger partial charge in [-0.15, -0.1) is 0 Å². The summed E-state index contributed by atoms with van der Waals surface area (Å²) in [4.78, 5) is 31.4. The molecule has 2 heterocycles. The second-order valence-electron chi connectivity index (χ2n) is 6.97. The zero-order chi connectivity index (χ0) is 26.1. The van der Waals surface area contributed by atoms with Gasteiger partial charge in [0.1, 0.15) is 23.7 Å². The number of nitriles is 1. The molecule has 0 fully saturated rings. The molecule has 36 heavy (non-hydrogen) atoms. The van der Waals surface area contributed by atoms with E-state index in [4.69, 9.17) is 21.6 Å². The average molecular weight is 505 g/mol. The second kappa shape index (κ2) is 12.1. The minimum absolute atomic E-state index is 0.0507. The SMILES string of the molecule is CC.N#Cc1cccc(Oc2ccc(Nc3ncc([N+](=O)[O-])c(=O)n3Cc3ccc(Cl)cc3)cc2)n1. The van der Waals surface area contributed by atoms with Crippen LogP contribution in [0.4, 0.5) is 17.3 Å². The highest BCUT2D eigenvalue weighted by Gasteiger charge is 2.19. The molecule has 11 heteroatoms. The van der Waals surface area contributed by atoms with Crippen LogP contribution in [0.15, 0.2) is 77.7 Å². The summed E-state index contributed by atoms with van der Waals surface area (Å²) in [5.74, 6) is 0.875. The molecule has 0 radical (unpaired) electrons. The summed E-state index contributed by atoms with van der Waals surface area (Å²) in [5, 5.41) is 23.7. The molecule has 4 aromatic rings. The van der Waals surface area contributed by atoms with Gasteiger partial charge >= 0.3 is 11.2 Å². The summed E-state index contributed by atoms with van der Waals surface area (Å²) in [5.41, 5.74) is 0.0966. The van der Waals surface area contributed by atoms with Crippen molar-refractivity contribution in [2.75, 3.05) is 5.32 Å². The van der Waals surface area contributed by atoms with E-state index in [1.165, 1.54) is 4.57 Å². The third-order valence-corrected chi connectivity index (χ3v) is 4.90. The van der Waals surface area contributed by atoms with Crippen molar-refractivity contribution < 1.29 is 9.66 Å². The van der Waals surface area contributed by atoms with Gasteiger partial charge in [0.2, 0.25) is 11.8 Å². The zero-order valence-corrected chi connectivity index (χ0v) is 20.1. The van der Waals surface area contributed by atoms with Gasteiger partial charge in [0.15, 0.2) is 0 Å². The number of halogens is 1. The molecule has 0 aliphatic rings. The topological polar surface area (TPSA) is 136 Å². The maximum atomic E-state index is 12.8. The van der Waals surface area contributed by atoms with Gasteiger partial charge in [-0.05, 0) is 48.0 Å². The Hall–Kier alpha value is -4.75. The number of anilines is 2. The summed E-state index contributed by atoms with van der Waals surface area (Å²) in [6, 6.07) is 20.3. The molecule has 0 unspecified atom stereocenters. The van der Waals surface area contributed by atoms with Gasteiger partial charge in [0.05, 0.1) is 11.5 Å². The first-order valence-corrected chi connectivity index (χ1v) is 11.2. The Labute approximate surface area is 211 Å². The number of nitrogens with one attached hydrogen (secondary N) is 1. The molecule has 2 aromatic heterocycles. The van der Waals surface area contributed by atoms with E-state index in [1.807, 2.05) is 19.9 Å². The van der Waals surface area contributed by atoms with E-state index >= 15 is 0 Å². The second-order valence-corrected chi connectivity index (χ2v) is 7.40. The molecular weight excluding hydrogens is 484 g/mol. The molecule has 1 N–H and O–H groups in total. The molecule has 0 saturated heterocycles. The van der Waals surface area contributed by atoms with Crippen molar-refractivity contribution >= 4 is 28.9 Å². The van der Waals surface area contributed by atoms with E-state index in [-0.39, 0.29) is 24.1 Å². The Balaban J connectivity index is 0.00000176. The van der Waals surface area contributed by atoms with Crippen molar-refractivity contribution in [2.45, 2.75) is 20.4 Å². The molecule has 4 rings (SSSR count). The molecule has 0 bridgehead atoms. The van der Waals surface area contributed by atoms with Gasteiger partial charge in [-0.3, -0.25) is 19.5 Å². The van der Waals surface area contributed by atoms with Gasteiger partial charge in [0, 0.05) is 16.8 Å². The summed E-state index contributed by atoms with van der Waals surface area (Å²) < 4.78 is 6.84. The standard InChI is InChI=1S/C23H15ClN6O4.C2H6/c24-16-6-4-15(5-7-16)14-29-22(31)20(30(32)33)13-26-23(29)28-17-8-10-19(11-9-17)34-21-3-1-2-18(12-25)27-21;1-2/h1-11,13H,14H2,(H,26,28);1-2H3. The van der Waals surface area contributed by atoms with Gasteiger partial charge < -0.3 is 10.1 Å². The smallest absolute Gasteiger partial charge is 0.352 e. The quantitative estimate of drug-likeness (QED) is 0.250. The first-order valence-electron chi connectivity index (χ1n) is 10.8. The van der Waals surface area contributed by atoms with E-state index in [0.717, 1.165) is 6.20 Å². The van der Waals surface area contributed by atoms with Gasteiger partial charge in [-0.25, -0.2) is 9.97 Å². The molecule has 0 aliphatic heterocycles. The monoisotopic (exact) mass is 504 g/mol. The molecule has 10 nitrogen and oxygen atoms in total. The van der Waals surface area contributed by atoms with Crippen LogP contribution in [-0.2, 0) is 6.54 Å². The van der Waals surface area contributed by atoms with E-state index < -0.39 is 16.2 Å². The van der Waals surface area contributed by atoms with E-state index in [9.17, 15) is 14.9 Å². The highest BCUT2D eigenvalue weighted by molar-refractivity contribution is 6.30. The number of hydrogen-bond acceptors (Lipinski definition) is 8. The van der Waals surface area contributed by atoms with E-state index in [1.54, 1.807) is 66.7 Å². The molecule has 2 aromatic carbocycles. The number of hydrogen-bond donors (Lipinski definition) is 1.